The van der Waals surface area contributed by atoms with Crippen molar-refractivity contribution in [1.29, 1.82) is 0 Å². The molecule has 2 rings (SSSR count). The fourth-order valence-corrected chi connectivity index (χ4v) is 3.32. The van der Waals surface area contributed by atoms with Crippen molar-refractivity contribution in [2.45, 2.75) is 11.3 Å². The van der Waals surface area contributed by atoms with Gasteiger partial charge in [0, 0.05) is 10.6 Å². The Hall–Kier alpha value is -0.350. The number of rotatable bonds is 1. The predicted octanol–water partition coefficient (Wildman–Crippen LogP) is 2.12. The molecule has 0 radical (unpaired) electrons. The van der Waals surface area contributed by atoms with Gasteiger partial charge in [-0.1, -0.05) is 0 Å². The van der Waals surface area contributed by atoms with Crippen molar-refractivity contribution >= 4 is 26.7 Å². The third-order valence-electron chi connectivity index (χ3n) is 2.14. The number of fused-ring (bicyclic) bond motifs is 1. The molecule has 13 heavy (non-hydrogen) atoms. The topological polar surface area (TPSA) is 26.3 Å². The summed E-state index contributed by atoms with van der Waals surface area (Å²) < 4.78 is 17.6. The molecule has 0 fully saturated rings. The molecule has 1 unspecified atom stereocenters. The van der Waals surface area contributed by atoms with Crippen molar-refractivity contribution < 1.29 is 8.95 Å². The van der Waals surface area contributed by atoms with Crippen LogP contribution in [-0.4, -0.2) is 17.1 Å². The summed E-state index contributed by atoms with van der Waals surface area (Å²) in [6.07, 6.45) is 0.907. The van der Waals surface area contributed by atoms with Crippen LogP contribution in [0.2, 0.25) is 0 Å². The van der Waals surface area contributed by atoms with Gasteiger partial charge in [0.1, 0.15) is 5.75 Å². The Labute approximate surface area is 87.9 Å². The Balaban J connectivity index is 2.57. The van der Waals surface area contributed by atoms with E-state index < -0.39 is 10.8 Å². The molecule has 70 valence electrons. The molecule has 4 heteroatoms. The van der Waals surface area contributed by atoms with Gasteiger partial charge < -0.3 is 4.74 Å². The molecule has 1 heterocycles. The van der Waals surface area contributed by atoms with Crippen LogP contribution in [0.15, 0.2) is 21.5 Å². The van der Waals surface area contributed by atoms with Crippen LogP contribution in [0.1, 0.15) is 5.56 Å². The number of benzene rings is 1. The van der Waals surface area contributed by atoms with Gasteiger partial charge >= 0.3 is 0 Å². The molecule has 1 aromatic carbocycles. The lowest BCUT2D eigenvalue weighted by atomic mass is 10.2. The van der Waals surface area contributed by atoms with Crippen molar-refractivity contribution in [3.05, 3.63) is 22.2 Å². The Bertz CT molecular complexity index is 376. The molecule has 2 nitrogen and oxygen atoms in total. The van der Waals surface area contributed by atoms with Crippen LogP contribution in [0.5, 0.6) is 5.75 Å². The van der Waals surface area contributed by atoms with E-state index in [1.165, 1.54) is 5.56 Å². The minimum absolute atomic E-state index is 0.745. The van der Waals surface area contributed by atoms with E-state index in [4.69, 9.17) is 4.74 Å². The lowest BCUT2D eigenvalue weighted by Gasteiger charge is -2.05. The summed E-state index contributed by atoms with van der Waals surface area (Å²) >= 11 is 3.41. The molecule has 0 spiro atoms. The summed E-state index contributed by atoms with van der Waals surface area (Å²) in [7, 11) is 0.797. The van der Waals surface area contributed by atoms with E-state index in [1.54, 1.807) is 7.11 Å². The van der Waals surface area contributed by atoms with Gasteiger partial charge in [-0.05, 0) is 40.0 Å². The second-order valence-corrected chi connectivity index (χ2v) is 5.29. The summed E-state index contributed by atoms with van der Waals surface area (Å²) in [5, 5.41) is 0. The molecule has 1 atom stereocenters. The van der Waals surface area contributed by atoms with Gasteiger partial charge in [-0.2, -0.15) is 0 Å². The van der Waals surface area contributed by atoms with Crippen molar-refractivity contribution in [2.24, 2.45) is 0 Å². The largest absolute Gasteiger partial charge is 0.496 e. The molecule has 0 aromatic heterocycles. The van der Waals surface area contributed by atoms with Crippen LogP contribution in [0.4, 0.5) is 0 Å². The second kappa shape index (κ2) is 3.42. The van der Waals surface area contributed by atoms with Gasteiger partial charge in [0.2, 0.25) is 0 Å². The summed E-state index contributed by atoms with van der Waals surface area (Å²) in [4.78, 5) is 0.931. The van der Waals surface area contributed by atoms with E-state index >= 15 is 0 Å². The zero-order valence-electron chi connectivity index (χ0n) is 7.17. The zero-order valence-corrected chi connectivity index (χ0v) is 9.57. The minimum atomic E-state index is -0.819. The van der Waals surface area contributed by atoms with Gasteiger partial charge in [0.05, 0.1) is 22.4 Å². The molecule has 0 saturated carbocycles. The highest BCUT2D eigenvalue weighted by molar-refractivity contribution is 9.10. The first kappa shape index (κ1) is 9.21. The average molecular weight is 261 g/mol. The Morgan fingerprint density at radius 2 is 2.31 bits per heavy atom. The number of halogens is 1. The Morgan fingerprint density at radius 3 is 3.00 bits per heavy atom. The lowest BCUT2D eigenvalue weighted by molar-refractivity contribution is 0.411. The molecule has 0 aliphatic carbocycles. The van der Waals surface area contributed by atoms with Gasteiger partial charge in [-0.3, -0.25) is 4.21 Å². The van der Waals surface area contributed by atoms with Crippen molar-refractivity contribution in [3.8, 4) is 5.75 Å². The van der Waals surface area contributed by atoms with Gasteiger partial charge in [-0.15, -0.1) is 0 Å². The van der Waals surface area contributed by atoms with Gasteiger partial charge in [0.15, 0.2) is 0 Å². The summed E-state index contributed by atoms with van der Waals surface area (Å²) in [5.74, 6) is 1.50. The van der Waals surface area contributed by atoms with Crippen molar-refractivity contribution in [3.63, 3.8) is 0 Å². The third-order valence-corrected chi connectivity index (χ3v) is 4.20. The van der Waals surface area contributed by atoms with Crippen LogP contribution in [0, 0.1) is 0 Å². The number of hydrogen-bond donors (Lipinski definition) is 0. The summed E-state index contributed by atoms with van der Waals surface area (Å²) in [6.45, 7) is 0. The fraction of sp³-hybridized carbons (Fsp3) is 0.333. The predicted molar refractivity (Wildman–Crippen MR) is 55.7 cm³/mol. The van der Waals surface area contributed by atoms with Crippen molar-refractivity contribution in [2.75, 3.05) is 12.9 Å². The molecule has 1 aliphatic heterocycles. The smallest absolute Gasteiger partial charge is 0.134 e. The maximum Gasteiger partial charge on any atom is 0.134 e. The van der Waals surface area contributed by atoms with E-state index in [-0.39, 0.29) is 0 Å². The highest BCUT2D eigenvalue weighted by Crippen LogP contribution is 2.33. The van der Waals surface area contributed by atoms with E-state index in [2.05, 4.69) is 15.9 Å². The van der Waals surface area contributed by atoms with E-state index in [0.29, 0.717) is 0 Å². The minimum Gasteiger partial charge on any atom is -0.496 e. The number of hydrogen-bond acceptors (Lipinski definition) is 2. The number of methoxy groups -OCH3 is 1. The van der Waals surface area contributed by atoms with Crippen LogP contribution < -0.4 is 4.74 Å². The Kier molecular flexibility index (Phi) is 2.43. The molecule has 0 amide bonds. The second-order valence-electron chi connectivity index (χ2n) is 2.89. The van der Waals surface area contributed by atoms with Crippen LogP contribution >= 0.6 is 15.9 Å². The zero-order chi connectivity index (χ0) is 9.42. The lowest BCUT2D eigenvalue weighted by Crippen LogP contribution is -1.90. The first-order valence-electron chi connectivity index (χ1n) is 3.97. The van der Waals surface area contributed by atoms with Gasteiger partial charge in [0.25, 0.3) is 0 Å². The maximum atomic E-state index is 11.5. The van der Waals surface area contributed by atoms with Crippen LogP contribution in [0.25, 0.3) is 0 Å². The highest BCUT2D eigenvalue weighted by atomic mass is 79.9. The number of aryl methyl sites for hydroxylation is 1. The molecular formula is C9H9BrO2S. The standard InChI is InChI=1S/C9H9BrO2S/c1-12-8-5-9-6(4-7(8)10)2-3-13(9)11/h4-5H,2-3H2,1H3. The SMILES string of the molecule is COc1cc2c(cc1Br)CCS2=O. The molecular weight excluding hydrogens is 252 g/mol. The monoisotopic (exact) mass is 260 g/mol. The van der Waals surface area contributed by atoms with E-state index in [1.807, 2.05) is 12.1 Å². The molecule has 0 saturated heterocycles. The molecule has 0 bridgehead atoms. The van der Waals surface area contributed by atoms with Crippen LogP contribution in [-0.2, 0) is 17.2 Å². The average Bonchev–Trinajstić information content (AvgIpc) is 2.46. The Morgan fingerprint density at radius 1 is 1.54 bits per heavy atom. The maximum absolute atomic E-state index is 11.5. The van der Waals surface area contributed by atoms with Gasteiger partial charge in [-0.25, -0.2) is 0 Å². The molecule has 1 aliphatic rings. The molecule has 1 aromatic rings. The normalized spacial score (nSPS) is 20.0. The van der Waals surface area contributed by atoms with E-state index in [0.717, 1.165) is 27.3 Å². The molecule has 0 N–H and O–H groups in total. The number of ether oxygens (including phenoxy) is 1. The first-order valence-corrected chi connectivity index (χ1v) is 6.08. The van der Waals surface area contributed by atoms with E-state index in [9.17, 15) is 4.21 Å². The summed E-state index contributed by atoms with van der Waals surface area (Å²) in [6, 6.07) is 3.86. The first-order chi connectivity index (χ1) is 6.22. The van der Waals surface area contributed by atoms with Crippen LogP contribution in [0.3, 0.4) is 0 Å². The highest BCUT2D eigenvalue weighted by Gasteiger charge is 2.20. The third kappa shape index (κ3) is 1.53. The summed E-state index contributed by atoms with van der Waals surface area (Å²) in [5.41, 5.74) is 1.17. The van der Waals surface area contributed by atoms with Crippen molar-refractivity contribution in [1.82, 2.24) is 0 Å². The fourth-order valence-electron chi connectivity index (χ4n) is 1.45. The quantitative estimate of drug-likeness (QED) is 0.774.